The number of methoxy groups -OCH3 is 1. The average Bonchev–Trinajstić information content (AvgIpc) is 2.95. The lowest BCUT2D eigenvalue weighted by atomic mass is 10.2. The van der Waals surface area contributed by atoms with Gasteiger partial charge in [-0.25, -0.2) is 0 Å². The zero-order valence-electron chi connectivity index (χ0n) is 20.8. The summed E-state index contributed by atoms with van der Waals surface area (Å²) in [5, 5.41) is 6.67. The number of hydrogen-bond acceptors (Lipinski definition) is 9. The van der Waals surface area contributed by atoms with Crippen molar-refractivity contribution in [2.24, 2.45) is 0 Å². The van der Waals surface area contributed by atoms with E-state index in [0.717, 1.165) is 42.3 Å². The molecule has 0 bridgehead atoms. The quantitative estimate of drug-likeness (QED) is 0.319. The van der Waals surface area contributed by atoms with Gasteiger partial charge in [-0.3, -0.25) is 0 Å². The molecule has 190 valence electrons. The lowest BCUT2D eigenvalue weighted by molar-refractivity contribution is 0.122. The Labute approximate surface area is 216 Å². The number of rotatable bonds is 10. The number of nitrogens with one attached hydrogen (secondary N) is 2. The van der Waals surface area contributed by atoms with E-state index in [9.17, 15) is 0 Å². The third-order valence-corrected chi connectivity index (χ3v) is 5.88. The molecule has 4 aromatic rings. The van der Waals surface area contributed by atoms with E-state index in [0.29, 0.717) is 37.7 Å². The number of benzene rings is 3. The van der Waals surface area contributed by atoms with Gasteiger partial charge >= 0.3 is 6.01 Å². The van der Waals surface area contributed by atoms with Crippen LogP contribution < -0.4 is 25.0 Å². The predicted octanol–water partition coefficient (Wildman–Crippen LogP) is 4.83. The molecule has 1 aromatic heterocycles. The number of morpholine rings is 1. The lowest BCUT2D eigenvalue weighted by Crippen LogP contribution is -2.37. The van der Waals surface area contributed by atoms with Crippen LogP contribution in [0.1, 0.15) is 5.56 Å². The van der Waals surface area contributed by atoms with Gasteiger partial charge in [0.2, 0.25) is 11.9 Å². The summed E-state index contributed by atoms with van der Waals surface area (Å²) in [6.07, 6.45) is 0.769. The molecule has 3 aromatic carbocycles. The number of ether oxygens (including phenoxy) is 3. The van der Waals surface area contributed by atoms with Gasteiger partial charge in [-0.15, -0.1) is 0 Å². The predicted molar refractivity (Wildman–Crippen MR) is 145 cm³/mol. The molecule has 2 heterocycles. The zero-order valence-corrected chi connectivity index (χ0v) is 20.8. The first-order chi connectivity index (χ1) is 18.2. The van der Waals surface area contributed by atoms with E-state index in [-0.39, 0.29) is 0 Å². The Kier molecular flexibility index (Phi) is 7.92. The standard InChI is InChI=1S/C28H30N6O3/c1-35-25-13-11-23(12-14-25)29-22-7-9-24(10-8-22)30-26-31-27(34-16-19-36-20-17-34)33-28(32-26)37-18-15-21-5-3-2-4-6-21/h2-14,29H,15-20H2,1H3,(H,30,31,32,33). The van der Waals surface area contributed by atoms with Crippen LogP contribution >= 0.6 is 0 Å². The lowest BCUT2D eigenvalue weighted by Gasteiger charge is -2.27. The Hall–Kier alpha value is -4.37. The summed E-state index contributed by atoms with van der Waals surface area (Å²) in [6, 6.07) is 26.2. The molecule has 1 fully saturated rings. The minimum Gasteiger partial charge on any atom is -0.497 e. The monoisotopic (exact) mass is 498 g/mol. The van der Waals surface area contributed by atoms with E-state index < -0.39 is 0 Å². The maximum atomic E-state index is 5.94. The molecule has 0 atom stereocenters. The van der Waals surface area contributed by atoms with Crippen LogP contribution in [0.2, 0.25) is 0 Å². The number of aromatic nitrogens is 3. The first kappa shape index (κ1) is 24.3. The molecule has 0 aliphatic carbocycles. The van der Waals surface area contributed by atoms with Gasteiger partial charge in [-0.2, -0.15) is 15.0 Å². The van der Waals surface area contributed by atoms with Crippen molar-refractivity contribution in [2.45, 2.75) is 6.42 Å². The molecule has 0 unspecified atom stereocenters. The molecular weight excluding hydrogens is 468 g/mol. The average molecular weight is 499 g/mol. The van der Waals surface area contributed by atoms with Crippen molar-refractivity contribution >= 4 is 29.0 Å². The molecular formula is C28H30N6O3. The Bertz CT molecular complexity index is 1260. The van der Waals surface area contributed by atoms with Crippen LogP contribution in [-0.2, 0) is 11.2 Å². The fourth-order valence-electron chi connectivity index (χ4n) is 3.88. The van der Waals surface area contributed by atoms with Crippen molar-refractivity contribution in [1.29, 1.82) is 0 Å². The van der Waals surface area contributed by atoms with E-state index >= 15 is 0 Å². The van der Waals surface area contributed by atoms with E-state index in [1.807, 2.05) is 66.7 Å². The van der Waals surface area contributed by atoms with E-state index in [1.54, 1.807) is 7.11 Å². The smallest absolute Gasteiger partial charge is 0.323 e. The minimum atomic E-state index is 0.299. The first-order valence-electron chi connectivity index (χ1n) is 12.3. The van der Waals surface area contributed by atoms with Crippen molar-refractivity contribution in [2.75, 3.05) is 55.6 Å². The second-order valence-electron chi connectivity index (χ2n) is 8.48. The summed E-state index contributed by atoms with van der Waals surface area (Å²) in [6.45, 7) is 3.20. The Morgan fingerprint density at radius 1 is 0.784 bits per heavy atom. The largest absolute Gasteiger partial charge is 0.497 e. The van der Waals surface area contributed by atoms with Gasteiger partial charge in [0, 0.05) is 36.6 Å². The van der Waals surface area contributed by atoms with Crippen LogP contribution in [0.4, 0.5) is 29.0 Å². The summed E-state index contributed by atoms with van der Waals surface area (Å²) < 4.78 is 16.6. The molecule has 0 spiro atoms. The van der Waals surface area contributed by atoms with Crippen LogP contribution in [0.5, 0.6) is 11.8 Å². The molecule has 0 amide bonds. The highest BCUT2D eigenvalue weighted by Gasteiger charge is 2.17. The third kappa shape index (κ3) is 6.86. The minimum absolute atomic E-state index is 0.299. The molecule has 9 heteroatoms. The topological polar surface area (TPSA) is 93.7 Å². The summed E-state index contributed by atoms with van der Waals surface area (Å²) in [5.74, 6) is 1.83. The normalized spacial score (nSPS) is 13.2. The zero-order chi connectivity index (χ0) is 25.3. The van der Waals surface area contributed by atoms with E-state index in [4.69, 9.17) is 14.2 Å². The van der Waals surface area contributed by atoms with Crippen LogP contribution in [0.3, 0.4) is 0 Å². The van der Waals surface area contributed by atoms with Gasteiger partial charge in [0.05, 0.1) is 26.9 Å². The van der Waals surface area contributed by atoms with Crippen LogP contribution in [0.15, 0.2) is 78.9 Å². The highest BCUT2D eigenvalue weighted by Crippen LogP contribution is 2.24. The number of hydrogen-bond donors (Lipinski definition) is 2. The van der Waals surface area contributed by atoms with Crippen molar-refractivity contribution in [3.8, 4) is 11.8 Å². The highest BCUT2D eigenvalue weighted by molar-refractivity contribution is 5.64. The van der Waals surface area contributed by atoms with Crippen molar-refractivity contribution in [1.82, 2.24) is 15.0 Å². The second kappa shape index (κ2) is 12.0. The molecule has 5 rings (SSSR count). The fraction of sp³-hybridized carbons (Fsp3) is 0.250. The maximum absolute atomic E-state index is 5.94. The first-order valence-corrected chi connectivity index (χ1v) is 12.3. The number of anilines is 5. The molecule has 37 heavy (non-hydrogen) atoms. The fourth-order valence-corrected chi connectivity index (χ4v) is 3.88. The SMILES string of the molecule is COc1ccc(Nc2ccc(Nc3nc(OCCc4ccccc4)nc(N4CCOCC4)n3)cc2)cc1. The third-order valence-electron chi connectivity index (χ3n) is 5.88. The van der Waals surface area contributed by atoms with Crippen LogP contribution in [0, 0.1) is 0 Å². The van der Waals surface area contributed by atoms with Gasteiger partial charge in [0.25, 0.3) is 0 Å². The molecule has 0 saturated carbocycles. The molecule has 1 aliphatic rings. The summed E-state index contributed by atoms with van der Waals surface area (Å²) in [4.78, 5) is 15.8. The Morgan fingerprint density at radius 3 is 2.11 bits per heavy atom. The summed E-state index contributed by atoms with van der Waals surface area (Å²) in [7, 11) is 1.66. The van der Waals surface area contributed by atoms with Crippen molar-refractivity contribution in [3.05, 3.63) is 84.4 Å². The maximum Gasteiger partial charge on any atom is 0.323 e. The van der Waals surface area contributed by atoms with Gasteiger partial charge in [0.1, 0.15) is 5.75 Å². The van der Waals surface area contributed by atoms with Crippen molar-refractivity contribution in [3.63, 3.8) is 0 Å². The van der Waals surface area contributed by atoms with Crippen molar-refractivity contribution < 1.29 is 14.2 Å². The highest BCUT2D eigenvalue weighted by atomic mass is 16.5. The Balaban J connectivity index is 1.27. The van der Waals surface area contributed by atoms with Crippen LogP contribution in [-0.4, -0.2) is 55.0 Å². The van der Waals surface area contributed by atoms with Crippen LogP contribution in [0.25, 0.3) is 0 Å². The van der Waals surface area contributed by atoms with E-state index in [2.05, 4.69) is 42.6 Å². The molecule has 1 saturated heterocycles. The Morgan fingerprint density at radius 2 is 1.43 bits per heavy atom. The van der Waals surface area contributed by atoms with Gasteiger partial charge in [-0.1, -0.05) is 30.3 Å². The second-order valence-corrected chi connectivity index (χ2v) is 8.48. The number of nitrogens with zero attached hydrogens (tertiary/aromatic N) is 4. The molecule has 0 radical (unpaired) electrons. The van der Waals surface area contributed by atoms with E-state index in [1.165, 1.54) is 5.56 Å². The summed E-state index contributed by atoms with van der Waals surface area (Å²) in [5.41, 5.74) is 4.00. The summed E-state index contributed by atoms with van der Waals surface area (Å²) >= 11 is 0. The van der Waals surface area contributed by atoms with Gasteiger partial charge in [-0.05, 0) is 54.1 Å². The molecule has 2 N–H and O–H groups in total. The molecule has 9 nitrogen and oxygen atoms in total. The van der Waals surface area contributed by atoms with Gasteiger partial charge in [0.15, 0.2) is 0 Å². The van der Waals surface area contributed by atoms with Gasteiger partial charge < -0.3 is 29.7 Å². The molecule has 1 aliphatic heterocycles.